The second kappa shape index (κ2) is 7.51. The van der Waals surface area contributed by atoms with E-state index in [2.05, 4.69) is 5.10 Å². The number of H-pyrrole nitrogens is 1. The number of hydrogen-bond donors (Lipinski definition) is 1. The van der Waals surface area contributed by atoms with Crippen LogP contribution >= 0.6 is 0 Å². The minimum absolute atomic E-state index is 0.0671. The molecule has 0 bridgehead atoms. The highest BCUT2D eigenvalue weighted by Crippen LogP contribution is 2.25. The highest BCUT2D eigenvalue weighted by Gasteiger charge is 2.28. The average Bonchev–Trinajstić information content (AvgIpc) is 2.92. The number of ether oxygens (including phenoxy) is 1. The number of nitrogens with one attached hydrogen (secondary N) is 1. The maximum atomic E-state index is 12.8. The van der Waals surface area contributed by atoms with Crippen molar-refractivity contribution in [2.24, 2.45) is 0 Å². The van der Waals surface area contributed by atoms with E-state index in [4.69, 9.17) is 4.74 Å². The fraction of sp³-hybridized carbons (Fsp3) is 0.389. The van der Waals surface area contributed by atoms with E-state index in [0.717, 1.165) is 6.26 Å². The van der Waals surface area contributed by atoms with E-state index in [-0.39, 0.29) is 27.1 Å². The van der Waals surface area contributed by atoms with E-state index in [1.807, 2.05) is 0 Å². The lowest BCUT2D eigenvalue weighted by Crippen LogP contribution is -2.23. The maximum absolute atomic E-state index is 12.8. The normalized spacial score (nSPS) is 11.6. The van der Waals surface area contributed by atoms with Crippen LogP contribution in [0.3, 0.4) is 0 Å². The number of hydrogen-bond acceptors (Lipinski definition) is 6. The number of aromatic amines is 1. The van der Waals surface area contributed by atoms with Crippen LogP contribution in [0.15, 0.2) is 28.0 Å². The molecule has 0 atom stereocenters. The van der Waals surface area contributed by atoms with Crippen LogP contribution in [0.5, 0.6) is 0 Å². The highest BCUT2D eigenvalue weighted by atomic mass is 32.2. The Balaban J connectivity index is 2.69. The number of rotatable bonds is 6. The molecule has 27 heavy (non-hydrogen) atoms. The van der Waals surface area contributed by atoms with Crippen molar-refractivity contribution in [2.45, 2.75) is 45.2 Å². The van der Waals surface area contributed by atoms with Crippen molar-refractivity contribution in [1.82, 2.24) is 9.78 Å². The summed E-state index contributed by atoms with van der Waals surface area (Å²) in [5.41, 5.74) is -0.547. The van der Waals surface area contributed by atoms with Gasteiger partial charge < -0.3 is 9.84 Å². The second-order valence-corrected chi connectivity index (χ2v) is 8.39. The SMILES string of the molecule is CCn1[nH]cc(C(=O)c2ccc(S(C)(=O)=O)c(C(=O)OC(C)C)c2C)c1=O. The van der Waals surface area contributed by atoms with Gasteiger partial charge in [0.25, 0.3) is 5.56 Å². The molecule has 1 aromatic carbocycles. The van der Waals surface area contributed by atoms with Gasteiger partial charge in [0.05, 0.1) is 16.6 Å². The zero-order valence-corrected chi connectivity index (χ0v) is 16.6. The summed E-state index contributed by atoms with van der Waals surface area (Å²) >= 11 is 0. The van der Waals surface area contributed by atoms with Gasteiger partial charge in [-0.3, -0.25) is 14.3 Å². The molecule has 9 heteroatoms. The summed E-state index contributed by atoms with van der Waals surface area (Å²) in [6, 6.07) is 2.50. The summed E-state index contributed by atoms with van der Waals surface area (Å²) in [6.07, 6.45) is 1.80. The van der Waals surface area contributed by atoms with Crippen LogP contribution in [0.25, 0.3) is 0 Å². The Kier molecular flexibility index (Phi) is 5.74. The summed E-state index contributed by atoms with van der Waals surface area (Å²) in [6.45, 7) is 6.84. The quantitative estimate of drug-likeness (QED) is 0.589. The van der Waals surface area contributed by atoms with Crippen LogP contribution in [0.4, 0.5) is 0 Å². The van der Waals surface area contributed by atoms with E-state index in [0.29, 0.717) is 6.54 Å². The molecular weight excluding hydrogens is 372 g/mol. The molecule has 0 saturated heterocycles. The van der Waals surface area contributed by atoms with Gasteiger partial charge in [0.1, 0.15) is 5.56 Å². The van der Waals surface area contributed by atoms with Crippen molar-refractivity contribution in [3.8, 4) is 0 Å². The monoisotopic (exact) mass is 394 g/mol. The molecule has 0 saturated carbocycles. The lowest BCUT2D eigenvalue weighted by atomic mass is 9.96. The summed E-state index contributed by atoms with van der Waals surface area (Å²) in [4.78, 5) is 37.4. The number of ketones is 1. The predicted octanol–water partition coefficient (Wildman–Crippen LogP) is 1.70. The van der Waals surface area contributed by atoms with Crippen molar-refractivity contribution in [2.75, 3.05) is 6.26 Å². The Labute approximate surface area is 157 Å². The van der Waals surface area contributed by atoms with E-state index < -0.39 is 33.3 Å². The Morgan fingerprint density at radius 2 is 1.85 bits per heavy atom. The minimum Gasteiger partial charge on any atom is -0.459 e. The number of sulfone groups is 1. The molecule has 0 aliphatic rings. The van der Waals surface area contributed by atoms with Gasteiger partial charge in [-0.1, -0.05) is 0 Å². The molecule has 1 N–H and O–H groups in total. The third-order valence-corrected chi connectivity index (χ3v) is 5.16. The molecule has 0 aliphatic carbocycles. The third-order valence-electron chi connectivity index (χ3n) is 4.02. The van der Waals surface area contributed by atoms with Crippen LogP contribution in [0.1, 0.15) is 52.6 Å². The second-order valence-electron chi connectivity index (χ2n) is 6.40. The molecule has 1 aromatic heterocycles. The van der Waals surface area contributed by atoms with Crippen molar-refractivity contribution in [1.29, 1.82) is 0 Å². The molecule has 146 valence electrons. The maximum Gasteiger partial charge on any atom is 0.340 e. The fourth-order valence-corrected chi connectivity index (χ4v) is 3.64. The number of aromatic nitrogens is 2. The molecule has 2 rings (SSSR count). The Morgan fingerprint density at radius 3 is 2.33 bits per heavy atom. The Hall–Kier alpha value is -2.68. The number of nitrogens with zero attached hydrogens (tertiary/aromatic N) is 1. The van der Waals surface area contributed by atoms with Crippen molar-refractivity contribution < 1.29 is 22.7 Å². The average molecular weight is 394 g/mol. The van der Waals surface area contributed by atoms with Crippen LogP contribution in [-0.4, -0.2) is 42.3 Å². The van der Waals surface area contributed by atoms with Crippen molar-refractivity contribution in [3.05, 3.63) is 50.9 Å². The van der Waals surface area contributed by atoms with Gasteiger partial charge in [0.15, 0.2) is 15.6 Å². The zero-order chi connectivity index (χ0) is 20.5. The first-order chi connectivity index (χ1) is 12.5. The molecule has 0 unspecified atom stereocenters. The number of esters is 1. The standard InChI is InChI=1S/C18H22N2O6S/c1-6-20-17(22)13(9-19-20)16(21)12-7-8-14(27(5,24)25)15(11(12)4)18(23)26-10(2)3/h7-10,19H,6H2,1-5H3. The van der Waals surface area contributed by atoms with Crippen LogP contribution in [0.2, 0.25) is 0 Å². The van der Waals surface area contributed by atoms with Crippen molar-refractivity contribution in [3.63, 3.8) is 0 Å². The summed E-state index contributed by atoms with van der Waals surface area (Å²) in [5, 5.41) is 2.69. The first-order valence-corrected chi connectivity index (χ1v) is 10.3. The fourth-order valence-electron chi connectivity index (χ4n) is 2.72. The molecule has 1 heterocycles. The van der Waals surface area contributed by atoms with Crippen molar-refractivity contribution >= 4 is 21.6 Å². The Morgan fingerprint density at radius 1 is 1.22 bits per heavy atom. The topological polar surface area (TPSA) is 115 Å². The van der Waals surface area contributed by atoms with E-state index >= 15 is 0 Å². The van der Waals surface area contributed by atoms with Gasteiger partial charge in [-0.25, -0.2) is 13.2 Å². The third kappa shape index (κ3) is 4.02. The predicted molar refractivity (Wildman–Crippen MR) is 99.0 cm³/mol. The number of aryl methyl sites for hydroxylation is 1. The lowest BCUT2D eigenvalue weighted by molar-refractivity contribution is 0.0372. The van der Waals surface area contributed by atoms with Gasteiger partial charge >= 0.3 is 5.97 Å². The van der Waals surface area contributed by atoms with Gasteiger partial charge in [0, 0.05) is 24.6 Å². The minimum atomic E-state index is -3.74. The van der Waals surface area contributed by atoms with E-state index in [9.17, 15) is 22.8 Å². The van der Waals surface area contributed by atoms with Gasteiger partial charge in [-0.2, -0.15) is 0 Å². The highest BCUT2D eigenvalue weighted by molar-refractivity contribution is 7.90. The molecule has 0 radical (unpaired) electrons. The first-order valence-electron chi connectivity index (χ1n) is 8.36. The van der Waals surface area contributed by atoms with E-state index in [1.54, 1.807) is 20.8 Å². The molecule has 0 aliphatic heterocycles. The molecule has 0 spiro atoms. The summed E-state index contributed by atoms with van der Waals surface area (Å²) in [5.74, 6) is -1.43. The summed E-state index contributed by atoms with van der Waals surface area (Å²) in [7, 11) is -3.74. The number of carbonyl (C=O) groups excluding carboxylic acids is 2. The van der Waals surface area contributed by atoms with Gasteiger partial charge in [-0.05, 0) is 45.4 Å². The van der Waals surface area contributed by atoms with Crippen LogP contribution < -0.4 is 5.56 Å². The number of carbonyl (C=O) groups is 2. The molecule has 8 nitrogen and oxygen atoms in total. The van der Waals surface area contributed by atoms with Crippen LogP contribution in [0, 0.1) is 6.92 Å². The lowest BCUT2D eigenvalue weighted by Gasteiger charge is -2.15. The van der Waals surface area contributed by atoms with Gasteiger partial charge in [0.2, 0.25) is 0 Å². The van der Waals surface area contributed by atoms with Gasteiger partial charge in [-0.15, -0.1) is 0 Å². The molecular formula is C18H22N2O6S. The number of benzene rings is 1. The molecule has 2 aromatic rings. The first kappa shape index (κ1) is 20.6. The smallest absolute Gasteiger partial charge is 0.340 e. The Bertz CT molecular complexity index is 1060. The largest absolute Gasteiger partial charge is 0.459 e. The van der Waals surface area contributed by atoms with E-state index in [1.165, 1.54) is 29.9 Å². The van der Waals surface area contributed by atoms with Crippen LogP contribution in [-0.2, 0) is 21.1 Å². The summed E-state index contributed by atoms with van der Waals surface area (Å²) < 4.78 is 30.6. The zero-order valence-electron chi connectivity index (χ0n) is 15.8. The molecule has 0 amide bonds. The molecule has 0 fully saturated rings.